The smallest absolute Gasteiger partial charge is 0.257 e. The van der Waals surface area contributed by atoms with Crippen molar-refractivity contribution in [2.75, 3.05) is 6.54 Å². The van der Waals surface area contributed by atoms with Crippen LogP contribution in [0.15, 0.2) is 21.9 Å². The van der Waals surface area contributed by atoms with E-state index in [1.807, 2.05) is 13.8 Å². The van der Waals surface area contributed by atoms with Crippen LogP contribution >= 0.6 is 0 Å². The van der Waals surface area contributed by atoms with Crippen LogP contribution in [0, 0.1) is 6.92 Å². The Bertz CT molecular complexity index is 438. The average molecular weight is 253 g/mol. The molecule has 0 atom stereocenters. The van der Waals surface area contributed by atoms with Crippen LogP contribution in [0.3, 0.4) is 0 Å². The molecule has 0 aromatic carbocycles. The second kappa shape index (κ2) is 6.09. The highest BCUT2D eigenvalue weighted by molar-refractivity contribution is 5.94. The standard InChI is InChI=1S/C12H19N3O3/c1-8(2)15(5-4-11(13)14-17)12(16)10-6-9(3)18-7-10/h6-8,17H,4-5H2,1-3H3,(H2,13,14). The van der Waals surface area contributed by atoms with Gasteiger partial charge in [-0.25, -0.2) is 0 Å². The van der Waals surface area contributed by atoms with Crippen LogP contribution < -0.4 is 5.73 Å². The van der Waals surface area contributed by atoms with Crippen LogP contribution in [0.4, 0.5) is 0 Å². The normalized spacial score (nSPS) is 11.9. The van der Waals surface area contributed by atoms with Crippen LogP contribution in [-0.4, -0.2) is 34.4 Å². The van der Waals surface area contributed by atoms with E-state index in [-0.39, 0.29) is 17.8 Å². The monoisotopic (exact) mass is 253 g/mol. The fourth-order valence-corrected chi connectivity index (χ4v) is 1.60. The average Bonchev–Trinajstić information content (AvgIpc) is 2.75. The summed E-state index contributed by atoms with van der Waals surface area (Å²) in [5.74, 6) is 0.683. The van der Waals surface area contributed by atoms with Crippen LogP contribution in [0.2, 0.25) is 0 Å². The fourth-order valence-electron chi connectivity index (χ4n) is 1.60. The number of carbonyl (C=O) groups excluding carboxylic acids is 1. The van der Waals surface area contributed by atoms with Gasteiger partial charge in [-0.05, 0) is 26.8 Å². The lowest BCUT2D eigenvalue weighted by molar-refractivity contribution is 0.0710. The summed E-state index contributed by atoms with van der Waals surface area (Å²) < 4.78 is 5.13. The van der Waals surface area contributed by atoms with Crippen LogP contribution in [-0.2, 0) is 0 Å². The number of rotatable bonds is 5. The zero-order valence-electron chi connectivity index (χ0n) is 10.9. The van der Waals surface area contributed by atoms with Crippen molar-refractivity contribution in [3.63, 3.8) is 0 Å². The zero-order chi connectivity index (χ0) is 13.7. The number of hydrogen-bond acceptors (Lipinski definition) is 4. The van der Waals surface area contributed by atoms with E-state index < -0.39 is 0 Å². The van der Waals surface area contributed by atoms with Crippen LogP contribution in [0.5, 0.6) is 0 Å². The van der Waals surface area contributed by atoms with Gasteiger partial charge in [-0.15, -0.1) is 0 Å². The molecule has 1 aromatic heterocycles. The molecule has 1 rings (SSSR count). The number of nitrogens with two attached hydrogens (primary N) is 1. The van der Waals surface area contributed by atoms with Gasteiger partial charge in [0.05, 0.1) is 5.56 Å². The second-order valence-electron chi connectivity index (χ2n) is 4.38. The second-order valence-corrected chi connectivity index (χ2v) is 4.38. The molecule has 18 heavy (non-hydrogen) atoms. The van der Waals surface area contributed by atoms with E-state index in [1.54, 1.807) is 17.9 Å². The van der Waals surface area contributed by atoms with Gasteiger partial charge in [-0.3, -0.25) is 4.79 Å². The lowest BCUT2D eigenvalue weighted by Crippen LogP contribution is -2.39. The maximum Gasteiger partial charge on any atom is 0.257 e. The zero-order valence-corrected chi connectivity index (χ0v) is 10.9. The van der Waals surface area contributed by atoms with Crippen LogP contribution in [0.1, 0.15) is 36.4 Å². The summed E-state index contributed by atoms with van der Waals surface area (Å²) in [6, 6.07) is 1.72. The van der Waals surface area contributed by atoms with Gasteiger partial charge in [0.15, 0.2) is 0 Å². The first kappa shape index (κ1) is 14.1. The molecule has 0 bridgehead atoms. The lowest BCUT2D eigenvalue weighted by atomic mass is 10.2. The Hall–Kier alpha value is -1.98. The summed E-state index contributed by atoms with van der Waals surface area (Å²) in [7, 11) is 0. The Morgan fingerprint density at radius 3 is 2.72 bits per heavy atom. The third kappa shape index (κ3) is 3.51. The molecule has 6 nitrogen and oxygen atoms in total. The summed E-state index contributed by atoms with van der Waals surface area (Å²) >= 11 is 0. The van der Waals surface area contributed by atoms with Crippen molar-refractivity contribution in [3.05, 3.63) is 23.7 Å². The minimum absolute atomic E-state index is 0.0270. The minimum Gasteiger partial charge on any atom is -0.469 e. The van der Waals surface area contributed by atoms with Gasteiger partial charge in [0.2, 0.25) is 0 Å². The summed E-state index contributed by atoms with van der Waals surface area (Å²) in [5.41, 5.74) is 5.92. The number of furan rings is 1. The van der Waals surface area contributed by atoms with Crippen molar-refractivity contribution in [3.8, 4) is 0 Å². The molecule has 0 radical (unpaired) electrons. The number of amides is 1. The number of nitrogens with zero attached hydrogens (tertiary/aromatic N) is 2. The Kier molecular flexibility index (Phi) is 4.76. The molecule has 1 aromatic rings. The Labute approximate surface area is 106 Å². The van der Waals surface area contributed by atoms with E-state index in [9.17, 15) is 4.79 Å². The third-order valence-electron chi connectivity index (χ3n) is 2.60. The summed E-state index contributed by atoms with van der Waals surface area (Å²) in [5, 5.41) is 11.4. The molecule has 1 heterocycles. The Morgan fingerprint density at radius 2 is 2.28 bits per heavy atom. The topological polar surface area (TPSA) is 92.1 Å². The van der Waals surface area contributed by atoms with Gasteiger partial charge in [0.25, 0.3) is 5.91 Å². The maximum absolute atomic E-state index is 12.2. The molecule has 6 heteroatoms. The lowest BCUT2D eigenvalue weighted by Gasteiger charge is -2.26. The predicted molar refractivity (Wildman–Crippen MR) is 67.6 cm³/mol. The predicted octanol–water partition coefficient (Wildman–Crippen LogP) is 1.58. The number of hydrogen-bond donors (Lipinski definition) is 2. The first-order chi connectivity index (χ1) is 8.45. The molecule has 100 valence electrons. The molecule has 0 aliphatic carbocycles. The van der Waals surface area contributed by atoms with Gasteiger partial charge >= 0.3 is 0 Å². The highest BCUT2D eigenvalue weighted by Crippen LogP contribution is 2.12. The van der Waals surface area contributed by atoms with E-state index in [4.69, 9.17) is 15.4 Å². The summed E-state index contributed by atoms with van der Waals surface area (Å²) in [6.45, 7) is 6.01. The largest absolute Gasteiger partial charge is 0.469 e. The maximum atomic E-state index is 12.2. The molecule has 0 saturated heterocycles. The molecular formula is C12H19N3O3. The Morgan fingerprint density at radius 1 is 1.61 bits per heavy atom. The van der Waals surface area contributed by atoms with Gasteiger partial charge in [-0.2, -0.15) is 0 Å². The van der Waals surface area contributed by atoms with Crippen LogP contribution in [0.25, 0.3) is 0 Å². The first-order valence-corrected chi connectivity index (χ1v) is 5.78. The summed E-state index contributed by atoms with van der Waals surface area (Å²) in [4.78, 5) is 13.9. The SMILES string of the molecule is Cc1cc(C(=O)N(CCC(N)=NO)C(C)C)co1. The van der Waals surface area contributed by atoms with E-state index in [0.717, 1.165) is 0 Å². The third-order valence-corrected chi connectivity index (χ3v) is 2.60. The van der Waals surface area contributed by atoms with Gasteiger partial charge in [0.1, 0.15) is 17.9 Å². The number of carbonyl (C=O) groups is 1. The van der Waals surface area contributed by atoms with Crippen molar-refractivity contribution < 1.29 is 14.4 Å². The fraction of sp³-hybridized carbons (Fsp3) is 0.500. The number of amidine groups is 1. The van der Waals surface area contributed by atoms with Gasteiger partial charge in [0, 0.05) is 19.0 Å². The molecule has 0 unspecified atom stereocenters. The molecule has 3 N–H and O–H groups in total. The molecule has 0 saturated carbocycles. The molecule has 0 aliphatic rings. The number of aryl methyl sites for hydroxylation is 1. The van der Waals surface area contributed by atoms with E-state index in [2.05, 4.69) is 5.16 Å². The van der Waals surface area contributed by atoms with E-state index in [0.29, 0.717) is 24.3 Å². The molecule has 0 aliphatic heterocycles. The van der Waals surface area contributed by atoms with Gasteiger partial charge < -0.3 is 20.3 Å². The highest BCUT2D eigenvalue weighted by atomic mass is 16.4. The molecule has 1 amide bonds. The molecule has 0 spiro atoms. The van der Waals surface area contributed by atoms with E-state index in [1.165, 1.54) is 6.26 Å². The van der Waals surface area contributed by atoms with E-state index >= 15 is 0 Å². The van der Waals surface area contributed by atoms with Crippen molar-refractivity contribution in [1.29, 1.82) is 0 Å². The van der Waals surface area contributed by atoms with Crippen molar-refractivity contribution in [1.82, 2.24) is 4.90 Å². The quantitative estimate of drug-likeness (QED) is 0.360. The Balaban J connectivity index is 2.76. The molecular weight excluding hydrogens is 234 g/mol. The van der Waals surface area contributed by atoms with Crippen molar-refractivity contribution in [2.45, 2.75) is 33.2 Å². The van der Waals surface area contributed by atoms with Crippen molar-refractivity contribution in [2.24, 2.45) is 10.9 Å². The highest BCUT2D eigenvalue weighted by Gasteiger charge is 2.20. The molecule has 0 fully saturated rings. The number of oxime groups is 1. The summed E-state index contributed by atoms with van der Waals surface area (Å²) in [6.07, 6.45) is 1.77. The van der Waals surface area contributed by atoms with Crippen molar-refractivity contribution >= 4 is 11.7 Å². The minimum atomic E-state index is -0.118. The van der Waals surface area contributed by atoms with Gasteiger partial charge in [-0.1, -0.05) is 5.16 Å². The first-order valence-electron chi connectivity index (χ1n) is 5.78.